The van der Waals surface area contributed by atoms with Gasteiger partial charge in [0.25, 0.3) is 0 Å². The lowest BCUT2D eigenvalue weighted by Gasteiger charge is -2.27. The van der Waals surface area contributed by atoms with Crippen molar-refractivity contribution in [2.75, 3.05) is 4.90 Å². The van der Waals surface area contributed by atoms with Crippen molar-refractivity contribution in [3.8, 4) is 39.1 Å². The molecule has 14 aromatic rings. The summed E-state index contributed by atoms with van der Waals surface area (Å²) in [7, 11) is 0. The minimum Gasteiger partial charge on any atom is -0.309 e. The minimum absolute atomic E-state index is 1.11. The number of benzene rings is 12. The molecule has 0 fully saturated rings. The Kier molecular flexibility index (Phi) is 9.11. The molecule has 14 rings (SSSR count). The average Bonchev–Trinajstić information content (AvgIpc) is 3.97. The molecule has 69 heavy (non-hydrogen) atoms. The van der Waals surface area contributed by atoms with E-state index in [4.69, 9.17) is 0 Å². The molecule has 2 aromatic heterocycles. The molecule has 2 heterocycles. The van der Waals surface area contributed by atoms with Crippen LogP contribution < -0.4 is 4.90 Å². The van der Waals surface area contributed by atoms with Crippen molar-refractivity contribution in [2.24, 2.45) is 0 Å². The molecular formula is C66H42N2S. The molecule has 0 unspecified atom stereocenters. The largest absolute Gasteiger partial charge is 0.309 e. The maximum absolute atomic E-state index is 2.47. The summed E-state index contributed by atoms with van der Waals surface area (Å²) in [6.07, 6.45) is 0. The normalized spacial score (nSPS) is 11.8. The van der Waals surface area contributed by atoms with Gasteiger partial charge in [0, 0.05) is 43.3 Å². The second-order valence-corrected chi connectivity index (χ2v) is 19.1. The maximum atomic E-state index is 2.47. The van der Waals surface area contributed by atoms with Gasteiger partial charge in [-0.25, -0.2) is 0 Å². The second-order valence-electron chi connectivity index (χ2n) is 18.0. The Morgan fingerprint density at radius 1 is 0.275 bits per heavy atom. The predicted molar refractivity (Wildman–Crippen MR) is 297 cm³/mol. The topological polar surface area (TPSA) is 8.17 Å². The highest BCUT2D eigenvalue weighted by molar-refractivity contribution is 7.26. The van der Waals surface area contributed by atoms with Crippen LogP contribution in [-0.4, -0.2) is 4.57 Å². The van der Waals surface area contributed by atoms with Crippen molar-refractivity contribution in [1.82, 2.24) is 4.57 Å². The maximum Gasteiger partial charge on any atom is 0.0640 e. The Bertz CT molecular complexity index is 4240. The molecule has 12 aromatic carbocycles. The molecule has 0 aliphatic heterocycles. The standard InChI is InChI=1S/C66H42N2S/c1-3-14-43(15-4-1)44-26-28-45(29-27-44)47-32-38-62-60(40-47)61-41-48(33-39-63(61)68(62)49-16-5-2-6-17-49)46-30-34-50(35-31-46)67(64-24-13-23-58-57-22-11-12-25-65(57)69-66(58)64)51-36-37-56-54-20-8-7-18-52(54)53-19-9-10-21-55(53)59(56)42-51/h1-42H. The Balaban J connectivity index is 0.916. The molecule has 0 amide bonds. The highest BCUT2D eigenvalue weighted by Gasteiger charge is 2.21. The van der Waals surface area contributed by atoms with E-state index in [9.17, 15) is 0 Å². The lowest BCUT2D eigenvalue weighted by molar-refractivity contribution is 1.18. The molecule has 0 radical (unpaired) electrons. The van der Waals surface area contributed by atoms with Gasteiger partial charge in [0.15, 0.2) is 0 Å². The number of rotatable bonds is 7. The molecule has 0 atom stereocenters. The number of para-hydroxylation sites is 1. The Morgan fingerprint density at radius 3 is 1.35 bits per heavy atom. The quantitative estimate of drug-likeness (QED) is 0.145. The number of fused-ring (bicyclic) bond motifs is 12. The van der Waals surface area contributed by atoms with Crippen LogP contribution in [0.4, 0.5) is 17.1 Å². The van der Waals surface area contributed by atoms with Crippen LogP contribution in [0.3, 0.4) is 0 Å². The van der Waals surface area contributed by atoms with Crippen molar-refractivity contribution in [2.45, 2.75) is 0 Å². The summed E-state index contributed by atoms with van der Waals surface area (Å²) in [5.41, 5.74) is 14.1. The monoisotopic (exact) mass is 894 g/mol. The van der Waals surface area contributed by atoms with E-state index in [0.717, 1.165) is 17.1 Å². The molecule has 0 saturated carbocycles. The first kappa shape index (κ1) is 39.4. The smallest absolute Gasteiger partial charge is 0.0640 e. The molecule has 3 heteroatoms. The fraction of sp³-hybridized carbons (Fsp3) is 0. The molecule has 0 spiro atoms. The number of anilines is 3. The van der Waals surface area contributed by atoms with Gasteiger partial charge in [0.05, 0.1) is 21.4 Å². The van der Waals surface area contributed by atoms with Gasteiger partial charge in [-0.05, 0) is 138 Å². The summed E-state index contributed by atoms with van der Waals surface area (Å²) in [6, 6.07) is 93.7. The summed E-state index contributed by atoms with van der Waals surface area (Å²) in [5.74, 6) is 0. The van der Waals surface area contributed by atoms with Gasteiger partial charge in [0.1, 0.15) is 0 Å². The summed E-state index contributed by atoms with van der Waals surface area (Å²) in [6.45, 7) is 0. The van der Waals surface area contributed by atoms with Crippen molar-refractivity contribution >= 4 is 103 Å². The van der Waals surface area contributed by atoms with E-state index in [0.29, 0.717) is 0 Å². The van der Waals surface area contributed by atoms with Crippen LogP contribution in [-0.2, 0) is 0 Å². The SMILES string of the molecule is c1ccc(-c2ccc(-c3ccc4c(c3)c3cc(-c5ccc(N(c6ccc7c8ccccc8c8ccccc8c7c6)c6cccc7c6sc6ccccc67)cc5)ccc3n4-c3ccccc3)cc2)cc1. The van der Waals surface area contributed by atoms with Crippen molar-refractivity contribution in [3.05, 3.63) is 255 Å². The van der Waals surface area contributed by atoms with Crippen LogP contribution in [0.25, 0.3) is 113 Å². The fourth-order valence-corrected chi connectivity index (χ4v) is 12.1. The third-order valence-corrected chi connectivity index (χ3v) is 15.4. The van der Waals surface area contributed by atoms with Crippen LogP contribution in [0.1, 0.15) is 0 Å². The molecule has 0 N–H and O–H groups in total. The van der Waals surface area contributed by atoms with E-state index in [2.05, 4.69) is 264 Å². The van der Waals surface area contributed by atoms with Crippen LogP contribution in [0.2, 0.25) is 0 Å². The summed E-state index contributed by atoms with van der Waals surface area (Å²) in [4.78, 5) is 2.47. The van der Waals surface area contributed by atoms with Crippen LogP contribution >= 0.6 is 11.3 Å². The average molecular weight is 895 g/mol. The van der Waals surface area contributed by atoms with E-state index in [1.54, 1.807) is 0 Å². The Labute approximate surface area is 403 Å². The van der Waals surface area contributed by atoms with Gasteiger partial charge in [-0.3, -0.25) is 0 Å². The van der Waals surface area contributed by atoms with Crippen molar-refractivity contribution in [1.29, 1.82) is 0 Å². The first-order valence-electron chi connectivity index (χ1n) is 23.7. The fourth-order valence-electron chi connectivity index (χ4n) is 10.9. The van der Waals surface area contributed by atoms with Crippen molar-refractivity contribution in [3.63, 3.8) is 0 Å². The molecule has 0 aliphatic carbocycles. The zero-order valence-electron chi connectivity index (χ0n) is 37.6. The number of aromatic nitrogens is 1. The molecule has 0 saturated heterocycles. The highest BCUT2D eigenvalue weighted by atomic mass is 32.1. The third kappa shape index (κ3) is 6.47. The van der Waals surface area contributed by atoms with E-state index >= 15 is 0 Å². The van der Waals surface area contributed by atoms with Crippen LogP contribution in [0.5, 0.6) is 0 Å². The molecule has 0 bridgehead atoms. The first-order chi connectivity index (χ1) is 34.2. The predicted octanol–water partition coefficient (Wildman–Crippen LogP) is 19.1. The van der Waals surface area contributed by atoms with Gasteiger partial charge in [-0.2, -0.15) is 0 Å². The van der Waals surface area contributed by atoms with Gasteiger partial charge in [-0.15, -0.1) is 11.3 Å². The zero-order chi connectivity index (χ0) is 45.4. The number of hydrogen-bond donors (Lipinski definition) is 0. The Hall–Kier alpha value is -8.76. The van der Waals surface area contributed by atoms with Gasteiger partial charge in [0.2, 0.25) is 0 Å². The summed E-state index contributed by atoms with van der Waals surface area (Å²) >= 11 is 1.87. The summed E-state index contributed by atoms with van der Waals surface area (Å²) in [5, 5.41) is 12.7. The zero-order valence-corrected chi connectivity index (χ0v) is 38.4. The van der Waals surface area contributed by atoms with E-state index < -0.39 is 0 Å². The minimum atomic E-state index is 1.11. The van der Waals surface area contributed by atoms with Gasteiger partial charge >= 0.3 is 0 Å². The van der Waals surface area contributed by atoms with E-state index in [1.165, 1.54) is 113 Å². The highest BCUT2D eigenvalue weighted by Crippen LogP contribution is 2.47. The van der Waals surface area contributed by atoms with E-state index in [-0.39, 0.29) is 0 Å². The molecule has 322 valence electrons. The molecule has 0 aliphatic rings. The van der Waals surface area contributed by atoms with Crippen molar-refractivity contribution < 1.29 is 0 Å². The Morgan fingerprint density at radius 2 is 0.725 bits per heavy atom. The van der Waals surface area contributed by atoms with Gasteiger partial charge in [-0.1, -0.05) is 182 Å². The molecular weight excluding hydrogens is 853 g/mol. The third-order valence-electron chi connectivity index (χ3n) is 14.2. The number of hydrogen-bond acceptors (Lipinski definition) is 2. The lowest BCUT2D eigenvalue weighted by Crippen LogP contribution is -2.10. The second kappa shape index (κ2) is 16.0. The summed E-state index contributed by atoms with van der Waals surface area (Å²) < 4.78 is 4.98. The van der Waals surface area contributed by atoms with Gasteiger partial charge < -0.3 is 9.47 Å². The lowest BCUT2D eigenvalue weighted by atomic mass is 9.94. The number of nitrogens with zero attached hydrogens (tertiary/aromatic N) is 2. The van der Waals surface area contributed by atoms with Crippen LogP contribution in [0, 0.1) is 0 Å². The number of thiophene rings is 1. The first-order valence-corrected chi connectivity index (χ1v) is 24.5. The van der Waals surface area contributed by atoms with Crippen LogP contribution in [0.15, 0.2) is 255 Å². The van der Waals surface area contributed by atoms with E-state index in [1.807, 2.05) is 11.3 Å². The molecule has 2 nitrogen and oxygen atoms in total.